The summed E-state index contributed by atoms with van der Waals surface area (Å²) in [6, 6.07) is 5.82. The van der Waals surface area contributed by atoms with Crippen LogP contribution in [0.15, 0.2) is 22.7 Å². The molecule has 0 atom stereocenters. The van der Waals surface area contributed by atoms with Crippen molar-refractivity contribution in [1.29, 1.82) is 0 Å². The number of hydrogen-bond donors (Lipinski definition) is 1. The van der Waals surface area contributed by atoms with Crippen LogP contribution in [0.3, 0.4) is 0 Å². The average Bonchev–Trinajstić information content (AvgIpc) is 2.27. The van der Waals surface area contributed by atoms with Gasteiger partial charge in [0.2, 0.25) is 5.91 Å². The second-order valence-corrected chi connectivity index (χ2v) is 3.44. The quantitative estimate of drug-likeness (QED) is 0.722. The van der Waals surface area contributed by atoms with Crippen LogP contribution >= 0.6 is 15.9 Å². The van der Waals surface area contributed by atoms with Crippen molar-refractivity contribution >= 4 is 27.5 Å². The molecule has 2 rings (SSSR count). The number of anilines is 1. The summed E-state index contributed by atoms with van der Waals surface area (Å²) in [4.78, 5) is 10.9. The zero-order chi connectivity index (χ0) is 7.84. The van der Waals surface area contributed by atoms with Crippen molar-refractivity contribution in [2.75, 3.05) is 5.32 Å². The van der Waals surface area contributed by atoms with E-state index in [9.17, 15) is 4.79 Å². The van der Waals surface area contributed by atoms with Crippen molar-refractivity contribution in [2.45, 2.75) is 6.42 Å². The van der Waals surface area contributed by atoms with E-state index in [1.54, 1.807) is 0 Å². The standard InChI is InChI=1S/C8H6BrNO.Zn/c9-6-2-1-5-3-8(11)10-7(5)4-6;/h1-2,4H,3H2,(H,10,11);. The molecule has 0 spiro atoms. The van der Waals surface area contributed by atoms with E-state index in [1.807, 2.05) is 18.2 Å². The largest absolute Gasteiger partial charge is 0.325 e. The molecular formula is C8H6BrNOZn. The summed E-state index contributed by atoms with van der Waals surface area (Å²) < 4.78 is 0.999. The van der Waals surface area contributed by atoms with Gasteiger partial charge >= 0.3 is 0 Å². The Bertz CT molecular complexity index is 327. The Morgan fingerprint density at radius 2 is 2.17 bits per heavy atom. The zero-order valence-electron chi connectivity index (χ0n) is 6.43. The van der Waals surface area contributed by atoms with Crippen LogP contribution in [-0.4, -0.2) is 5.91 Å². The van der Waals surface area contributed by atoms with Crippen molar-refractivity contribution in [1.82, 2.24) is 0 Å². The molecule has 1 heterocycles. The molecule has 1 N–H and O–H groups in total. The van der Waals surface area contributed by atoms with Crippen molar-refractivity contribution < 1.29 is 24.3 Å². The first-order chi connectivity index (χ1) is 5.25. The number of carbonyl (C=O) groups excluding carboxylic acids is 1. The van der Waals surface area contributed by atoms with Gasteiger partial charge in [-0.05, 0) is 17.7 Å². The minimum Gasteiger partial charge on any atom is -0.325 e. The van der Waals surface area contributed by atoms with Crippen LogP contribution in [0.5, 0.6) is 0 Å². The fraction of sp³-hybridized carbons (Fsp3) is 0.125. The maximum absolute atomic E-state index is 10.9. The number of amides is 1. The molecule has 0 fully saturated rings. The van der Waals surface area contributed by atoms with Crippen molar-refractivity contribution in [3.63, 3.8) is 0 Å². The van der Waals surface area contributed by atoms with Gasteiger partial charge in [-0.15, -0.1) is 0 Å². The Balaban J connectivity index is 0.000000720. The number of halogens is 1. The molecule has 0 bridgehead atoms. The smallest absolute Gasteiger partial charge is 0.228 e. The fourth-order valence-corrected chi connectivity index (χ4v) is 1.55. The van der Waals surface area contributed by atoms with E-state index in [2.05, 4.69) is 21.2 Å². The van der Waals surface area contributed by atoms with E-state index < -0.39 is 0 Å². The van der Waals surface area contributed by atoms with Crippen LogP contribution in [0.2, 0.25) is 0 Å². The van der Waals surface area contributed by atoms with E-state index in [0.29, 0.717) is 6.42 Å². The molecule has 4 heteroatoms. The van der Waals surface area contributed by atoms with Crippen molar-refractivity contribution in [2.24, 2.45) is 0 Å². The van der Waals surface area contributed by atoms with Crippen LogP contribution in [0.4, 0.5) is 5.69 Å². The Morgan fingerprint density at radius 3 is 2.92 bits per heavy atom. The van der Waals surface area contributed by atoms with Gasteiger partial charge in [0.15, 0.2) is 0 Å². The first-order valence-corrected chi connectivity index (χ1v) is 4.13. The maximum Gasteiger partial charge on any atom is 0.228 e. The summed E-state index contributed by atoms with van der Waals surface area (Å²) >= 11 is 3.33. The van der Waals surface area contributed by atoms with Crippen molar-refractivity contribution in [3.8, 4) is 0 Å². The fourth-order valence-electron chi connectivity index (χ4n) is 1.19. The number of nitrogens with one attached hydrogen (secondary N) is 1. The van der Waals surface area contributed by atoms with Gasteiger partial charge in [0.05, 0.1) is 6.42 Å². The molecule has 1 aliphatic rings. The first-order valence-electron chi connectivity index (χ1n) is 3.34. The number of hydrogen-bond acceptors (Lipinski definition) is 1. The summed E-state index contributed by atoms with van der Waals surface area (Å²) in [5.74, 6) is 0.0816. The molecule has 0 aromatic heterocycles. The predicted octanol–water partition coefficient (Wildman–Crippen LogP) is 1.94. The number of fused-ring (bicyclic) bond motifs is 1. The predicted molar refractivity (Wildman–Crippen MR) is 46.5 cm³/mol. The summed E-state index contributed by atoms with van der Waals surface area (Å²) in [5, 5.41) is 2.77. The summed E-state index contributed by atoms with van der Waals surface area (Å²) in [7, 11) is 0. The Kier molecular flexibility index (Phi) is 3.02. The normalized spacial score (nSPS) is 13.2. The number of benzene rings is 1. The zero-order valence-corrected chi connectivity index (χ0v) is 11.0. The molecule has 0 aliphatic carbocycles. The third-order valence-electron chi connectivity index (χ3n) is 1.70. The molecule has 1 aromatic carbocycles. The van der Waals surface area contributed by atoms with Crippen LogP contribution in [0.1, 0.15) is 5.56 Å². The molecule has 2 nitrogen and oxygen atoms in total. The van der Waals surface area contributed by atoms with E-state index in [0.717, 1.165) is 15.7 Å². The molecule has 0 saturated heterocycles. The van der Waals surface area contributed by atoms with Gasteiger partial charge < -0.3 is 5.32 Å². The monoisotopic (exact) mass is 275 g/mol. The van der Waals surface area contributed by atoms with Crippen molar-refractivity contribution in [3.05, 3.63) is 28.2 Å². The molecule has 0 unspecified atom stereocenters. The van der Waals surface area contributed by atoms with Crippen LogP contribution in [0, 0.1) is 0 Å². The third-order valence-corrected chi connectivity index (χ3v) is 2.19. The number of rotatable bonds is 0. The molecule has 58 valence electrons. The average molecular weight is 277 g/mol. The van der Waals surface area contributed by atoms with Crippen LogP contribution in [-0.2, 0) is 30.7 Å². The minimum absolute atomic E-state index is 0. The van der Waals surface area contributed by atoms with Gasteiger partial charge in [0.25, 0.3) is 0 Å². The topological polar surface area (TPSA) is 29.1 Å². The molecule has 1 aliphatic heterocycles. The first kappa shape index (κ1) is 9.88. The van der Waals surface area contributed by atoms with Gasteiger partial charge in [-0.3, -0.25) is 4.79 Å². The van der Waals surface area contributed by atoms with E-state index in [4.69, 9.17) is 0 Å². The molecule has 1 aromatic rings. The molecule has 0 radical (unpaired) electrons. The second kappa shape index (κ2) is 3.67. The van der Waals surface area contributed by atoms with Crippen LogP contribution in [0.25, 0.3) is 0 Å². The Labute approximate surface area is 91.6 Å². The molecule has 1 amide bonds. The molecular weight excluding hydrogens is 271 g/mol. The van der Waals surface area contributed by atoms with Gasteiger partial charge in [0, 0.05) is 29.6 Å². The summed E-state index contributed by atoms with van der Waals surface area (Å²) in [5.41, 5.74) is 2.02. The summed E-state index contributed by atoms with van der Waals surface area (Å²) in [6.07, 6.45) is 0.516. The minimum atomic E-state index is 0. The van der Waals surface area contributed by atoms with E-state index in [-0.39, 0.29) is 25.4 Å². The molecule has 0 saturated carbocycles. The Hall–Kier alpha value is -0.207. The van der Waals surface area contributed by atoms with Gasteiger partial charge in [-0.25, -0.2) is 0 Å². The number of carbonyl (C=O) groups is 1. The van der Waals surface area contributed by atoms with E-state index >= 15 is 0 Å². The Morgan fingerprint density at radius 1 is 1.42 bits per heavy atom. The summed E-state index contributed by atoms with van der Waals surface area (Å²) in [6.45, 7) is 0. The van der Waals surface area contributed by atoms with Gasteiger partial charge in [0.1, 0.15) is 0 Å². The third kappa shape index (κ3) is 1.75. The SMILES string of the molecule is O=C1Cc2ccc(Br)cc2N1.[Zn]. The van der Waals surface area contributed by atoms with Crippen LogP contribution < -0.4 is 5.32 Å². The van der Waals surface area contributed by atoms with Gasteiger partial charge in [-0.2, -0.15) is 0 Å². The second-order valence-electron chi connectivity index (χ2n) is 2.53. The van der Waals surface area contributed by atoms with Gasteiger partial charge in [-0.1, -0.05) is 22.0 Å². The molecule has 12 heavy (non-hydrogen) atoms. The maximum atomic E-state index is 10.9. The van der Waals surface area contributed by atoms with E-state index in [1.165, 1.54) is 0 Å².